The van der Waals surface area contributed by atoms with Crippen LogP contribution in [-0.2, 0) is 0 Å². The van der Waals surface area contributed by atoms with E-state index in [1.54, 1.807) is 0 Å². The number of rotatable bonds is 7. The number of nitrogens with one attached hydrogen (secondary N) is 1. The molecule has 1 N–H and O–H groups in total. The van der Waals surface area contributed by atoms with Gasteiger partial charge in [-0.1, -0.05) is 20.3 Å². The largest absolute Gasteiger partial charge is 0.315 e. The van der Waals surface area contributed by atoms with Crippen LogP contribution in [0.1, 0.15) is 53.9 Å². The van der Waals surface area contributed by atoms with E-state index in [1.807, 2.05) is 0 Å². The molecule has 1 aliphatic heterocycles. The first-order chi connectivity index (χ1) is 8.99. The van der Waals surface area contributed by atoms with Crippen molar-refractivity contribution in [3.63, 3.8) is 0 Å². The van der Waals surface area contributed by atoms with Crippen molar-refractivity contribution in [3.8, 4) is 0 Å². The summed E-state index contributed by atoms with van der Waals surface area (Å²) < 4.78 is 0. The zero-order chi connectivity index (χ0) is 14.3. The Bertz CT molecular complexity index is 227. The lowest BCUT2D eigenvalue weighted by Gasteiger charge is -2.44. The van der Waals surface area contributed by atoms with Crippen molar-refractivity contribution in [1.29, 1.82) is 0 Å². The molecule has 1 fully saturated rings. The van der Waals surface area contributed by atoms with E-state index in [0.29, 0.717) is 5.54 Å². The van der Waals surface area contributed by atoms with Crippen molar-refractivity contribution in [2.24, 2.45) is 0 Å². The van der Waals surface area contributed by atoms with Crippen molar-refractivity contribution >= 4 is 0 Å². The Morgan fingerprint density at radius 1 is 1.00 bits per heavy atom. The highest BCUT2D eigenvalue weighted by Gasteiger charge is 2.28. The van der Waals surface area contributed by atoms with E-state index in [1.165, 1.54) is 45.4 Å². The quantitative estimate of drug-likeness (QED) is 0.717. The predicted octanol–water partition coefficient (Wildman–Crippen LogP) is 2.57. The third-order valence-corrected chi connectivity index (χ3v) is 4.21. The number of nitrogens with zero attached hydrogens (tertiary/aromatic N) is 2. The average molecular weight is 269 g/mol. The van der Waals surface area contributed by atoms with Gasteiger partial charge < -0.3 is 5.32 Å². The standard InChI is InChI=1S/C16H35N3/c1-6-8-15(14-17-9-7-2)18-10-12-19(13-11-18)16(3,4)5/h15,17H,6-14H2,1-5H3. The maximum absolute atomic E-state index is 3.60. The molecule has 1 heterocycles. The molecule has 3 heteroatoms. The van der Waals surface area contributed by atoms with Crippen LogP contribution in [0.5, 0.6) is 0 Å². The highest BCUT2D eigenvalue weighted by Crippen LogP contribution is 2.18. The summed E-state index contributed by atoms with van der Waals surface area (Å²) in [5.74, 6) is 0. The first kappa shape index (κ1) is 16.9. The maximum Gasteiger partial charge on any atom is 0.0221 e. The topological polar surface area (TPSA) is 18.5 Å². The lowest BCUT2D eigenvalue weighted by Crippen LogP contribution is -2.57. The van der Waals surface area contributed by atoms with E-state index in [2.05, 4.69) is 49.7 Å². The molecule has 0 aromatic carbocycles. The molecule has 1 atom stereocenters. The summed E-state index contributed by atoms with van der Waals surface area (Å²) in [6.07, 6.45) is 3.85. The minimum absolute atomic E-state index is 0.326. The van der Waals surface area contributed by atoms with Crippen LogP contribution >= 0.6 is 0 Å². The summed E-state index contributed by atoms with van der Waals surface area (Å²) in [6, 6.07) is 0.735. The minimum atomic E-state index is 0.326. The lowest BCUT2D eigenvalue weighted by molar-refractivity contribution is 0.0399. The van der Waals surface area contributed by atoms with Crippen LogP contribution in [0, 0.1) is 0 Å². The third-order valence-electron chi connectivity index (χ3n) is 4.21. The van der Waals surface area contributed by atoms with Crippen LogP contribution < -0.4 is 5.32 Å². The van der Waals surface area contributed by atoms with Gasteiger partial charge in [0.05, 0.1) is 0 Å². The molecule has 0 bridgehead atoms. The Kier molecular flexibility index (Phi) is 7.33. The van der Waals surface area contributed by atoms with Gasteiger partial charge in [0, 0.05) is 44.3 Å². The van der Waals surface area contributed by atoms with E-state index in [9.17, 15) is 0 Å². The van der Waals surface area contributed by atoms with Crippen molar-refractivity contribution in [2.45, 2.75) is 65.5 Å². The van der Waals surface area contributed by atoms with Crippen molar-refractivity contribution in [2.75, 3.05) is 39.3 Å². The first-order valence-corrected chi connectivity index (χ1v) is 8.18. The lowest BCUT2D eigenvalue weighted by atomic mass is 10.0. The van der Waals surface area contributed by atoms with Gasteiger partial charge in [0.25, 0.3) is 0 Å². The van der Waals surface area contributed by atoms with Gasteiger partial charge in [0.1, 0.15) is 0 Å². The molecule has 114 valence electrons. The fraction of sp³-hybridized carbons (Fsp3) is 1.00. The Hall–Kier alpha value is -0.120. The van der Waals surface area contributed by atoms with Gasteiger partial charge in [0.15, 0.2) is 0 Å². The number of hydrogen-bond acceptors (Lipinski definition) is 3. The zero-order valence-electron chi connectivity index (χ0n) is 13.8. The van der Waals surface area contributed by atoms with Crippen LogP contribution in [0.2, 0.25) is 0 Å². The second kappa shape index (κ2) is 8.23. The highest BCUT2D eigenvalue weighted by molar-refractivity contribution is 4.85. The Morgan fingerprint density at radius 3 is 2.11 bits per heavy atom. The molecule has 0 spiro atoms. The molecule has 0 aromatic heterocycles. The van der Waals surface area contributed by atoms with E-state index in [0.717, 1.165) is 19.1 Å². The second-order valence-electron chi connectivity index (χ2n) is 6.84. The molecule has 3 nitrogen and oxygen atoms in total. The van der Waals surface area contributed by atoms with Crippen molar-refractivity contribution < 1.29 is 0 Å². The van der Waals surface area contributed by atoms with Crippen LogP contribution in [0.4, 0.5) is 0 Å². The van der Waals surface area contributed by atoms with Gasteiger partial charge in [-0.15, -0.1) is 0 Å². The van der Waals surface area contributed by atoms with Crippen molar-refractivity contribution in [1.82, 2.24) is 15.1 Å². The molecule has 1 rings (SSSR count). The number of hydrogen-bond donors (Lipinski definition) is 1. The zero-order valence-corrected chi connectivity index (χ0v) is 13.8. The van der Waals surface area contributed by atoms with Gasteiger partial charge >= 0.3 is 0 Å². The molecule has 1 unspecified atom stereocenters. The van der Waals surface area contributed by atoms with Crippen LogP contribution in [0.15, 0.2) is 0 Å². The summed E-state index contributed by atoms with van der Waals surface area (Å²) >= 11 is 0. The summed E-state index contributed by atoms with van der Waals surface area (Å²) in [4.78, 5) is 5.32. The third kappa shape index (κ3) is 5.80. The summed E-state index contributed by atoms with van der Waals surface area (Å²) in [5, 5.41) is 3.60. The van der Waals surface area contributed by atoms with Gasteiger partial charge in [-0.25, -0.2) is 0 Å². The van der Waals surface area contributed by atoms with E-state index < -0.39 is 0 Å². The van der Waals surface area contributed by atoms with Crippen LogP contribution in [-0.4, -0.2) is 60.6 Å². The molecule has 0 radical (unpaired) electrons. The molecule has 1 aliphatic rings. The van der Waals surface area contributed by atoms with Gasteiger partial charge in [0.2, 0.25) is 0 Å². The molecule has 0 aliphatic carbocycles. The Labute approximate surface area is 120 Å². The number of piperazine rings is 1. The summed E-state index contributed by atoms with van der Waals surface area (Å²) in [5.41, 5.74) is 0.326. The molecular formula is C16H35N3. The normalized spacial score (nSPS) is 20.7. The fourth-order valence-corrected chi connectivity index (χ4v) is 2.95. The molecule has 0 aromatic rings. The summed E-state index contributed by atoms with van der Waals surface area (Å²) in [6.45, 7) is 18.8. The molecule has 19 heavy (non-hydrogen) atoms. The van der Waals surface area contributed by atoms with Gasteiger partial charge in [-0.3, -0.25) is 9.80 Å². The van der Waals surface area contributed by atoms with Crippen LogP contribution in [0.3, 0.4) is 0 Å². The predicted molar refractivity (Wildman–Crippen MR) is 84.8 cm³/mol. The van der Waals surface area contributed by atoms with E-state index in [4.69, 9.17) is 0 Å². The molecular weight excluding hydrogens is 234 g/mol. The highest BCUT2D eigenvalue weighted by atomic mass is 15.3. The van der Waals surface area contributed by atoms with Crippen molar-refractivity contribution in [3.05, 3.63) is 0 Å². The minimum Gasteiger partial charge on any atom is -0.315 e. The fourth-order valence-electron chi connectivity index (χ4n) is 2.95. The monoisotopic (exact) mass is 269 g/mol. The van der Waals surface area contributed by atoms with E-state index >= 15 is 0 Å². The summed E-state index contributed by atoms with van der Waals surface area (Å²) in [7, 11) is 0. The van der Waals surface area contributed by atoms with Crippen LogP contribution in [0.25, 0.3) is 0 Å². The maximum atomic E-state index is 3.60. The first-order valence-electron chi connectivity index (χ1n) is 8.18. The molecule has 1 saturated heterocycles. The Morgan fingerprint density at radius 2 is 1.63 bits per heavy atom. The van der Waals surface area contributed by atoms with E-state index in [-0.39, 0.29) is 0 Å². The van der Waals surface area contributed by atoms with Gasteiger partial charge in [-0.05, 0) is 40.2 Å². The average Bonchev–Trinajstić information content (AvgIpc) is 2.37. The van der Waals surface area contributed by atoms with Gasteiger partial charge in [-0.2, -0.15) is 0 Å². The smallest absolute Gasteiger partial charge is 0.0221 e. The SMILES string of the molecule is CCCNCC(CCC)N1CCN(C(C)(C)C)CC1. The molecule has 0 amide bonds. The molecule has 0 saturated carbocycles. The second-order valence-corrected chi connectivity index (χ2v) is 6.84. The Balaban J connectivity index is 2.40.